The molecular weight excluding hydrogens is 468 g/mol. The van der Waals surface area contributed by atoms with Crippen molar-refractivity contribution in [1.82, 2.24) is 0 Å². The third-order valence-corrected chi connectivity index (χ3v) is 8.29. The molecule has 1 aliphatic carbocycles. The third kappa shape index (κ3) is 14.6. The molecule has 0 unspecified atom stereocenters. The van der Waals surface area contributed by atoms with Gasteiger partial charge >= 0.3 is 0 Å². The first-order valence-corrected chi connectivity index (χ1v) is 15.9. The monoisotopic (exact) mass is 528 g/mol. The van der Waals surface area contributed by atoms with Crippen LogP contribution >= 0.6 is 0 Å². The highest BCUT2D eigenvalue weighted by molar-refractivity contribution is 5.44. The molecule has 39 heavy (non-hydrogen) atoms. The van der Waals surface area contributed by atoms with E-state index in [-0.39, 0.29) is 0 Å². The lowest BCUT2D eigenvalue weighted by Gasteiger charge is -2.19. The molecule has 4 rings (SSSR count). The van der Waals surface area contributed by atoms with Crippen LogP contribution < -0.4 is 0 Å². The molecule has 0 aromatic heterocycles. The molecule has 0 nitrogen and oxygen atoms in total. The van der Waals surface area contributed by atoms with Gasteiger partial charge in [-0.15, -0.1) is 0 Å². The molecule has 0 spiro atoms. The van der Waals surface area contributed by atoms with Crippen LogP contribution in [0.4, 0.5) is 0 Å². The van der Waals surface area contributed by atoms with E-state index in [4.69, 9.17) is 0 Å². The molecule has 0 atom stereocenters. The van der Waals surface area contributed by atoms with E-state index in [9.17, 15) is 0 Å². The van der Waals surface area contributed by atoms with Crippen molar-refractivity contribution in [2.45, 2.75) is 120 Å². The fourth-order valence-corrected chi connectivity index (χ4v) is 3.96. The minimum absolute atomic E-state index is 0.293. The van der Waals surface area contributed by atoms with Crippen molar-refractivity contribution in [3.05, 3.63) is 106 Å². The lowest BCUT2D eigenvalue weighted by molar-refractivity contribution is 0.544. The lowest BCUT2D eigenvalue weighted by Crippen LogP contribution is -2.03. The molecule has 0 radical (unpaired) electrons. The molecular formula is C39H60. The third-order valence-electron chi connectivity index (χ3n) is 8.29. The largest absolute Gasteiger partial charge is 0.0651 e. The van der Waals surface area contributed by atoms with Gasteiger partial charge in [0.15, 0.2) is 0 Å². The predicted molar refractivity (Wildman–Crippen MR) is 177 cm³/mol. The molecule has 1 fully saturated rings. The summed E-state index contributed by atoms with van der Waals surface area (Å²) in [5.41, 5.74) is 7.94. The Morgan fingerprint density at radius 3 is 0.872 bits per heavy atom. The Labute approximate surface area is 243 Å². The Kier molecular flexibility index (Phi) is 17.5. The van der Waals surface area contributed by atoms with Crippen molar-refractivity contribution in [3.8, 4) is 0 Å². The topological polar surface area (TPSA) is 0 Å². The highest BCUT2D eigenvalue weighted by Crippen LogP contribution is 2.32. The van der Waals surface area contributed by atoms with Gasteiger partial charge in [0.05, 0.1) is 0 Å². The smallest absolute Gasteiger partial charge is 0.0339 e. The first kappa shape index (κ1) is 34.7. The van der Waals surface area contributed by atoms with E-state index in [1.165, 1.54) is 78.3 Å². The first-order chi connectivity index (χ1) is 18.7. The summed E-state index contributed by atoms with van der Waals surface area (Å²) in [6.45, 7) is 22.1. The number of rotatable bonds is 8. The molecule has 0 saturated heterocycles. The maximum absolute atomic E-state index is 2.28. The number of hydrogen-bond donors (Lipinski definition) is 0. The molecule has 1 saturated carbocycles. The molecule has 1 aliphatic rings. The lowest BCUT2D eigenvalue weighted by atomic mass is 9.84. The molecule has 216 valence electrons. The molecule has 0 N–H and O–H groups in total. The van der Waals surface area contributed by atoms with Crippen LogP contribution in [0.3, 0.4) is 0 Å². The van der Waals surface area contributed by atoms with Crippen LogP contribution in [-0.4, -0.2) is 0 Å². The van der Waals surface area contributed by atoms with Crippen LogP contribution in [-0.2, 0) is 0 Å². The van der Waals surface area contributed by atoms with Gasteiger partial charge in [0.25, 0.3) is 0 Å². The molecule has 0 aliphatic heterocycles. The summed E-state index contributed by atoms with van der Waals surface area (Å²) in [5, 5.41) is 0. The van der Waals surface area contributed by atoms with Crippen LogP contribution in [0, 0.1) is 38.5 Å². The van der Waals surface area contributed by atoms with Crippen molar-refractivity contribution in [2.75, 3.05) is 0 Å². The second-order valence-electron chi connectivity index (χ2n) is 11.9. The minimum atomic E-state index is 0.293. The summed E-state index contributed by atoms with van der Waals surface area (Å²) < 4.78 is 0. The highest BCUT2D eigenvalue weighted by atomic mass is 14.2. The van der Waals surface area contributed by atoms with E-state index in [0.717, 1.165) is 17.8 Å². The Balaban J connectivity index is 0.000000363. The van der Waals surface area contributed by atoms with Crippen LogP contribution in [0.15, 0.2) is 72.8 Å². The second-order valence-corrected chi connectivity index (χ2v) is 11.9. The van der Waals surface area contributed by atoms with Crippen LogP contribution in [0.2, 0.25) is 0 Å². The van der Waals surface area contributed by atoms with Crippen LogP contribution in [0.25, 0.3) is 0 Å². The zero-order chi connectivity index (χ0) is 29.2. The van der Waals surface area contributed by atoms with Gasteiger partial charge in [0.1, 0.15) is 0 Å². The molecule has 0 amide bonds. The summed E-state index contributed by atoms with van der Waals surface area (Å²) in [5.74, 6) is 3.30. The van der Waals surface area contributed by atoms with Crippen LogP contribution in [0.1, 0.15) is 133 Å². The quantitative estimate of drug-likeness (QED) is 0.255. The van der Waals surface area contributed by atoms with Gasteiger partial charge < -0.3 is 0 Å². The highest BCUT2D eigenvalue weighted by Gasteiger charge is 2.17. The molecule has 3 aromatic carbocycles. The van der Waals surface area contributed by atoms with Crippen molar-refractivity contribution in [2.24, 2.45) is 17.8 Å². The van der Waals surface area contributed by atoms with Gasteiger partial charge in [-0.25, -0.2) is 0 Å². The average molecular weight is 529 g/mol. The predicted octanol–water partition coefficient (Wildman–Crippen LogP) is 12.5. The van der Waals surface area contributed by atoms with Crippen molar-refractivity contribution in [3.63, 3.8) is 0 Å². The van der Waals surface area contributed by atoms with Crippen molar-refractivity contribution >= 4 is 0 Å². The normalized spacial score (nSPS) is 12.2. The zero-order valence-corrected chi connectivity index (χ0v) is 27.2. The molecule has 0 heterocycles. The SMILES string of the molecule is CCC(C)CC.CCC(C)CC.CCC1CC1.Cc1ccc(C(c2ccc(C)cc2)c2ccc(C)cc2)cc1. The molecule has 0 heteroatoms. The number of aryl methyl sites for hydroxylation is 3. The van der Waals surface area contributed by atoms with Crippen LogP contribution in [0.5, 0.6) is 0 Å². The number of hydrogen-bond acceptors (Lipinski definition) is 0. The fraction of sp³-hybridized carbons (Fsp3) is 0.538. The maximum Gasteiger partial charge on any atom is 0.0339 e. The minimum Gasteiger partial charge on any atom is -0.0651 e. The first-order valence-electron chi connectivity index (χ1n) is 15.9. The maximum atomic E-state index is 2.28. The fourth-order valence-electron chi connectivity index (χ4n) is 3.96. The van der Waals surface area contributed by atoms with E-state index in [1.807, 2.05) is 0 Å². The zero-order valence-electron chi connectivity index (χ0n) is 27.2. The van der Waals surface area contributed by atoms with Gasteiger partial charge in [-0.2, -0.15) is 0 Å². The average Bonchev–Trinajstić information content (AvgIpc) is 3.81. The van der Waals surface area contributed by atoms with Crippen molar-refractivity contribution in [1.29, 1.82) is 0 Å². The Hall–Kier alpha value is -2.34. The van der Waals surface area contributed by atoms with Gasteiger partial charge in [-0.05, 0) is 55.2 Å². The standard InChI is InChI=1S/C22H22.2C6H14.C5H10/c1-16-4-10-19(11-5-16)22(20-12-6-17(2)7-13-20)21-14-8-18(3)9-15-21;2*1-4-6(3)5-2;1-2-5-3-4-5/h4-15,22H,1-3H3;2*6H,4-5H2,1-3H3;5H,2-4H2,1H3. The van der Waals surface area contributed by atoms with E-state index >= 15 is 0 Å². The molecule has 0 bridgehead atoms. The van der Waals surface area contributed by atoms with Gasteiger partial charge in [0.2, 0.25) is 0 Å². The summed E-state index contributed by atoms with van der Waals surface area (Å²) in [6.07, 6.45) is 9.76. The number of benzene rings is 3. The Morgan fingerprint density at radius 1 is 0.487 bits per heavy atom. The molecule has 3 aromatic rings. The van der Waals surface area contributed by atoms with E-state index in [0.29, 0.717) is 5.92 Å². The van der Waals surface area contributed by atoms with Gasteiger partial charge in [-0.1, -0.05) is 183 Å². The van der Waals surface area contributed by atoms with Gasteiger partial charge in [0, 0.05) is 5.92 Å². The summed E-state index contributed by atoms with van der Waals surface area (Å²) in [6, 6.07) is 26.7. The van der Waals surface area contributed by atoms with E-state index in [2.05, 4.69) is 142 Å². The summed E-state index contributed by atoms with van der Waals surface area (Å²) in [4.78, 5) is 0. The van der Waals surface area contributed by atoms with E-state index in [1.54, 1.807) is 0 Å². The summed E-state index contributed by atoms with van der Waals surface area (Å²) in [7, 11) is 0. The Morgan fingerprint density at radius 2 is 0.744 bits per heavy atom. The van der Waals surface area contributed by atoms with Gasteiger partial charge in [-0.3, -0.25) is 0 Å². The van der Waals surface area contributed by atoms with E-state index < -0.39 is 0 Å². The van der Waals surface area contributed by atoms with Crippen molar-refractivity contribution < 1.29 is 0 Å². The second kappa shape index (κ2) is 19.7. The summed E-state index contributed by atoms with van der Waals surface area (Å²) >= 11 is 0. The Bertz CT molecular complexity index is 848.